The minimum Gasteiger partial charge on any atom is -0.388 e. The van der Waals surface area contributed by atoms with Gasteiger partial charge in [-0.05, 0) is 33.0 Å². The zero-order chi connectivity index (χ0) is 11.4. The van der Waals surface area contributed by atoms with Gasteiger partial charge in [-0.3, -0.25) is 4.79 Å². The average Bonchev–Trinajstić information content (AvgIpc) is 2.08. The first-order valence-corrected chi connectivity index (χ1v) is 5.67. The van der Waals surface area contributed by atoms with Crippen LogP contribution in [0.5, 0.6) is 0 Å². The van der Waals surface area contributed by atoms with Gasteiger partial charge in [-0.25, -0.2) is 0 Å². The summed E-state index contributed by atoms with van der Waals surface area (Å²) in [6, 6.07) is 0. The van der Waals surface area contributed by atoms with Gasteiger partial charge < -0.3 is 10.2 Å². The zero-order valence-corrected chi connectivity index (χ0v) is 10.3. The van der Waals surface area contributed by atoms with E-state index in [1.807, 2.05) is 0 Å². The lowest BCUT2D eigenvalue weighted by Gasteiger charge is -2.26. The van der Waals surface area contributed by atoms with Crippen molar-refractivity contribution in [3.63, 3.8) is 0 Å². The van der Waals surface area contributed by atoms with E-state index in [1.54, 1.807) is 0 Å². The van der Waals surface area contributed by atoms with E-state index in [9.17, 15) is 4.79 Å². The molecule has 0 aromatic carbocycles. The highest BCUT2D eigenvalue weighted by atomic mass is 16.1. The van der Waals surface area contributed by atoms with E-state index in [0.717, 1.165) is 25.1 Å². The van der Waals surface area contributed by atoms with Crippen LogP contribution in [0.2, 0.25) is 0 Å². The third-order valence-corrected chi connectivity index (χ3v) is 2.66. The highest BCUT2D eigenvalue weighted by Crippen LogP contribution is 2.27. The third kappa shape index (κ3) is 3.34. The molecule has 1 aliphatic rings. The van der Waals surface area contributed by atoms with Crippen LogP contribution in [0.25, 0.3) is 0 Å². The summed E-state index contributed by atoms with van der Waals surface area (Å²) in [6.07, 6.45) is 1.74. The van der Waals surface area contributed by atoms with Crippen LogP contribution < -0.4 is 5.32 Å². The topological polar surface area (TPSA) is 32.3 Å². The van der Waals surface area contributed by atoms with E-state index >= 15 is 0 Å². The fourth-order valence-electron chi connectivity index (χ4n) is 1.88. The Morgan fingerprint density at radius 1 is 1.40 bits per heavy atom. The Balaban J connectivity index is 2.30. The number of rotatable bonds is 6. The summed E-state index contributed by atoms with van der Waals surface area (Å²) in [5.74, 6) is 0.683. The van der Waals surface area contributed by atoms with Gasteiger partial charge in [-0.1, -0.05) is 13.8 Å². The van der Waals surface area contributed by atoms with Crippen molar-refractivity contribution in [3.05, 3.63) is 11.3 Å². The summed E-state index contributed by atoms with van der Waals surface area (Å²) in [4.78, 5) is 13.5. The fourth-order valence-corrected chi connectivity index (χ4v) is 1.88. The lowest BCUT2D eigenvalue weighted by atomic mass is 9.84. The van der Waals surface area contributed by atoms with Crippen molar-refractivity contribution in [2.24, 2.45) is 5.92 Å². The lowest BCUT2D eigenvalue weighted by Crippen LogP contribution is -2.32. The molecule has 15 heavy (non-hydrogen) atoms. The van der Waals surface area contributed by atoms with Gasteiger partial charge in [-0.15, -0.1) is 0 Å². The lowest BCUT2D eigenvalue weighted by molar-refractivity contribution is -0.117. The number of nitrogens with zero attached hydrogens (tertiary/aromatic N) is 1. The van der Waals surface area contributed by atoms with E-state index in [1.165, 1.54) is 5.70 Å². The van der Waals surface area contributed by atoms with Gasteiger partial charge >= 0.3 is 0 Å². The standard InChI is InChI=1S/C12H22N2O/c1-9(2)12-10(8-11(12)15)13-6-5-7-14(3)4/h9,13H,5-8H2,1-4H3. The normalized spacial score (nSPS) is 16.3. The molecule has 0 aliphatic heterocycles. The van der Waals surface area contributed by atoms with Gasteiger partial charge in [0.1, 0.15) is 0 Å². The van der Waals surface area contributed by atoms with Gasteiger partial charge in [0, 0.05) is 17.8 Å². The Morgan fingerprint density at radius 2 is 2.07 bits per heavy atom. The number of hydrogen-bond donors (Lipinski definition) is 1. The highest BCUT2D eigenvalue weighted by molar-refractivity contribution is 6.04. The summed E-state index contributed by atoms with van der Waals surface area (Å²) in [6.45, 7) is 6.21. The van der Waals surface area contributed by atoms with Gasteiger partial charge in [0.15, 0.2) is 5.78 Å². The smallest absolute Gasteiger partial charge is 0.166 e. The van der Waals surface area contributed by atoms with Crippen molar-refractivity contribution in [2.75, 3.05) is 27.2 Å². The molecule has 0 bridgehead atoms. The van der Waals surface area contributed by atoms with Crippen LogP contribution in [0, 0.1) is 5.92 Å². The molecule has 0 spiro atoms. The number of ketones is 1. The van der Waals surface area contributed by atoms with Crippen molar-refractivity contribution in [1.29, 1.82) is 0 Å². The predicted molar refractivity (Wildman–Crippen MR) is 62.7 cm³/mol. The molecule has 3 heteroatoms. The maximum Gasteiger partial charge on any atom is 0.166 e. The molecule has 0 unspecified atom stereocenters. The quantitative estimate of drug-likeness (QED) is 0.673. The molecule has 0 saturated heterocycles. The van der Waals surface area contributed by atoms with E-state index in [4.69, 9.17) is 0 Å². The molecule has 0 aromatic heterocycles. The molecule has 0 heterocycles. The van der Waals surface area contributed by atoms with E-state index in [0.29, 0.717) is 18.1 Å². The van der Waals surface area contributed by atoms with Crippen molar-refractivity contribution < 1.29 is 4.79 Å². The molecule has 0 saturated carbocycles. The molecule has 0 amide bonds. The van der Waals surface area contributed by atoms with Gasteiger partial charge in [0.2, 0.25) is 0 Å². The SMILES string of the molecule is CC(C)C1=C(NCCCN(C)C)CC1=O. The van der Waals surface area contributed by atoms with Crippen LogP contribution in [0.15, 0.2) is 11.3 Å². The van der Waals surface area contributed by atoms with Crippen LogP contribution in [-0.2, 0) is 4.79 Å². The number of hydrogen-bond acceptors (Lipinski definition) is 3. The zero-order valence-electron chi connectivity index (χ0n) is 10.3. The number of carbonyl (C=O) groups is 1. The van der Waals surface area contributed by atoms with Crippen LogP contribution in [0.1, 0.15) is 26.7 Å². The number of allylic oxidation sites excluding steroid dienone is 2. The Bertz CT molecular complexity index is 267. The van der Waals surface area contributed by atoms with E-state index < -0.39 is 0 Å². The second-order valence-corrected chi connectivity index (χ2v) is 4.73. The van der Waals surface area contributed by atoms with Crippen molar-refractivity contribution in [3.8, 4) is 0 Å². The number of carbonyl (C=O) groups excluding carboxylic acids is 1. The van der Waals surface area contributed by atoms with Gasteiger partial charge in [0.25, 0.3) is 0 Å². The second-order valence-electron chi connectivity index (χ2n) is 4.73. The molecule has 3 nitrogen and oxygen atoms in total. The van der Waals surface area contributed by atoms with Crippen LogP contribution in [0.4, 0.5) is 0 Å². The summed E-state index contributed by atoms with van der Waals surface area (Å²) in [7, 11) is 4.15. The summed E-state index contributed by atoms with van der Waals surface area (Å²) in [5, 5.41) is 3.37. The third-order valence-electron chi connectivity index (χ3n) is 2.66. The van der Waals surface area contributed by atoms with E-state index in [-0.39, 0.29) is 0 Å². The Morgan fingerprint density at radius 3 is 2.53 bits per heavy atom. The Kier molecular flexibility index (Phi) is 4.33. The maximum absolute atomic E-state index is 11.3. The molecule has 86 valence electrons. The van der Waals surface area contributed by atoms with Crippen molar-refractivity contribution >= 4 is 5.78 Å². The maximum atomic E-state index is 11.3. The second kappa shape index (κ2) is 5.31. The first kappa shape index (κ1) is 12.2. The van der Waals surface area contributed by atoms with Gasteiger partial charge in [-0.2, -0.15) is 0 Å². The minimum absolute atomic E-state index is 0.320. The molecule has 0 atom stereocenters. The first-order chi connectivity index (χ1) is 7.02. The van der Waals surface area contributed by atoms with Crippen LogP contribution >= 0.6 is 0 Å². The molecule has 1 aliphatic carbocycles. The molecule has 0 radical (unpaired) electrons. The molecule has 0 fully saturated rings. The summed E-state index contributed by atoms with van der Waals surface area (Å²) >= 11 is 0. The molecule has 0 aromatic rings. The monoisotopic (exact) mass is 210 g/mol. The summed E-state index contributed by atoms with van der Waals surface area (Å²) in [5.41, 5.74) is 2.19. The highest BCUT2D eigenvalue weighted by Gasteiger charge is 2.28. The van der Waals surface area contributed by atoms with Crippen LogP contribution in [0.3, 0.4) is 0 Å². The van der Waals surface area contributed by atoms with Crippen molar-refractivity contribution in [2.45, 2.75) is 26.7 Å². The van der Waals surface area contributed by atoms with Gasteiger partial charge in [0.05, 0.1) is 6.42 Å². The number of nitrogens with one attached hydrogen (secondary N) is 1. The van der Waals surface area contributed by atoms with Crippen molar-refractivity contribution in [1.82, 2.24) is 10.2 Å². The molecule has 1 N–H and O–H groups in total. The Labute approximate surface area is 92.5 Å². The Hall–Kier alpha value is -0.830. The molecular formula is C12H22N2O. The number of Topliss-reactive ketones (excluding diaryl/α,β-unsaturated/α-hetero) is 1. The minimum atomic E-state index is 0.320. The molecular weight excluding hydrogens is 188 g/mol. The summed E-state index contributed by atoms with van der Waals surface area (Å²) < 4.78 is 0. The predicted octanol–water partition coefficient (Wildman–Crippen LogP) is 1.41. The van der Waals surface area contributed by atoms with Crippen LogP contribution in [-0.4, -0.2) is 37.9 Å². The van der Waals surface area contributed by atoms with E-state index in [2.05, 4.69) is 38.2 Å². The molecule has 1 rings (SSSR count). The fraction of sp³-hybridized carbons (Fsp3) is 0.750. The first-order valence-electron chi connectivity index (χ1n) is 5.67. The average molecular weight is 210 g/mol. The largest absolute Gasteiger partial charge is 0.388 e.